The highest BCUT2D eigenvalue weighted by molar-refractivity contribution is 9.10. The molecule has 17 heavy (non-hydrogen) atoms. The highest BCUT2D eigenvalue weighted by atomic mass is 79.9. The molecule has 0 spiro atoms. The molecule has 0 saturated heterocycles. The molecule has 0 amide bonds. The van der Waals surface area contributed by atoms with E-state index in [0.29, 0.717) is 16.7 Å². The number of nitrogens with one attached hydrogen (secondary N) is 1. The van der Waals surface area contributed by atoms with Crippen molar-refractivity contribution in [2.24, 2.45) is 0 Å². The van der Waals surface area contributed by atoms with Gasteiger partial charge in [-0.25, -0.2) is 4.79 Å². The summed E-state index contributed by atoms with van der Waals surface area (Å²) in [4.78, 5) is 11.1. The Kier molecular flexibility index (Phi) is 3.81. The van der Waals surface area contributed by atoms with Crippen LogP contribution < -0.4 is 5.32 Å². The van der Waals surface area contributed by atoms with Crippen molar-refractivity contribution in [1.29, 1.82) is 0 Å². The normalized spacial score (nSPS) is 10.2. The fourth-order valence-electron chi connectivity index (χ4n) is 1.48. The summed E-state index contributed by atoms with van der Waals surface area (Å²) in [6, 6.07) is 7.31. The summed E-state index contributed by atoms with van der Waals surface area (Å²) < 4.78 is 0.584. The van der Waals surface area contributed by atoms with Gasteiger partial charge in [-0.3, -0.25) is 0 Å². The van der Waals surface area contributed by atoms with E-state index in [2.05, 4.69) is 21.2 Å². The van der Waals surface area contributed by atoms with E-state index >= 15 is 0 Å². The second kappa shape index (κ2) is 5.33. The molecule has 0 aliphatic rings. The first-order valence-electron chi connectivity index (χ1n) is 4.95. The standard InChI is InChI=1S/C12H10BrNO2S/c13-9-2-1-3-10(11(9)12(15)16)14-6-8-4-5-17-7-8/h1-5,7,14H,6H2,(H,15,16). The van der Waals surface area contributed by atoms with Crippen LogP contribution in [0.3, 0.4) is 0 Å². The van der Waals surface area contributed by atoms with Crippen LogP contribution in [0.2, 0.25) is 0 Å². The van der Waals surface area contributed by atoms with Gasteiger partial charge in [-0.05, 0) is 50.5 Å². The molecule has 1 heterocycles. The van der Waals surface area contributed by atoms with Gasteiger partial charge in [-0.2, -0.15) is 11.3 Å². The van der Waals surface area contributed by atoms with Gasteiger partial charge >= 0.3 is 5.97 Å². The molecule has 1 aromatic heterocycles. The fourth-order valence-corrected chi connectivity index (χ4v) is 2.68. The number of benzene rings is 1. The molecule has 0 atom stereocenters. The van der Waals surface area contributed by atoms with E-state index in [4.69, 9.17) is 5.11 Å². The lowest BCUT2D eigenvalue weighted by Crippen LogP contribution is -2.06. The minimum atomic E-state index is -0.940. The molecule has 2 N–H and O–H groups in total. The third-order valence-corrected chi connectivity index (χ3v) is 3.68. The minimum absolute atomic E-state index is 0.266. The lowest BCUT2D eigenvalue weighted by molar-refractivity contribution is 0.0697. The van der Waals surface area contributed by atoms with Crippen LogP contribution in [0.15, 0.2) is 39.5 Å². The number of rotatable bonds is 4. The molecule has 0 unspecified atom stereocenters. The summed E-state index contributed by atoms with van der Waals surface area (Å²) in [6.45, 7) is 0.625. The van der Waals surface area contributed by atoms with E-state index in [9.17, 15) is 4.79 Å². The summed E-state index contributed by atoms with van der Waals surface area (Å²) in [6.07, 6.45) is 0. The third-order valence-electron chi connectivity index (χ3n) is 2.29. The van der Waals surface area contributed by atoms with Crippen LogP contribution >= 0.6 is 27.3 Å². The Labute approximate surface area is 111 Å². The van der Waals surface area contributed by atoms with E-state index in [1.165, 1.54) is 0 Å². The van der Waals surface area contributed by atoms with Crippen LogP contribution in [0.25, 0.3) is 0 Å². The number of thiophene rings is 1. The zero-order valence-corrected chi connectivity index (χ0v) is 11.2. The molecule has 3 nitrogen and oxygen atoms in total. The number of aromatic carboxylic acids is 1. The van der Waals surface area contributed by atoms with Gasteiger partial charge in [0.05, 0.1) is 11.3 Å². The molecule has 1 aromatic carbocycles. The SMILES string of the molecule is O=C(O)c1c(Br)cccc1NCc1ccsc1. The van der Waals surface area contributed by atoms with E-state index < -0.39 is 5.97 Å². The van der Waals surface area contributed by atoms with Gasteiger partial charge in [0, 0.05) is 11.0 Å². The number of hydrogen-bond donors (Lipinski definition) is 2. The second-order valence-electron chi connectivity index (χ2n) is 3.45. The molecule has 5 heteroatoms. The molecular formula is C12H10BrNO2S. The second-order valence-corrected chi connectivity index (χ2v) is 5.09. The Morgan fingerprint density at radius 2 is 2.24 bits per heavy atom. The first kappa shape index (κ1) is 12.1. The first-order chi connectivity index (χ1) is 8.18. The predicted octanol–water partition coefficient (Wildman–Crippen LogP) is 3.82. The molecular weight excluding hydrogens is 302 g/mol. The van der Waals surface area contributed by atoms with Crippen LogP contribution in [-0.4, -0.2) is 11.1 Å². The minimum Gasteiger partial charge on any atom is -0.478 e. The summed E-state index contributed by atoms with van der Waals surface area (Å²) in [7, 11) is 0. The van der Waals surface area contributed by atoms with Gasteiger partial charge in [0.1, 0.15) is 0 Å². The average Bonchev–Trinajstić information content (AvgIpc) is 2.78. The van der Waals surface area contributed by atoms with Crippen LogP contribution in [-0.2, 0) is 6.54 Å². The van der Waals surface area contributed by atoms with Crippen LogP contribution in [0, 0.1) is 0 Å². The van der Waals surface area contributed by atoms with Gasteiger partial charge < -0.3 is 10.4 Å². The van der Waals surface area contributed by atoms with E-state index in [0.717, 1.165) is 5.56 Å². The van der Waals surface area contributed by atoms with Crippen LogP contribution in [0.4, 0.5) is 5.69 Å². The Bertz CT molecular complexity index is 525. The van der Waals surface area contributed by atoms with Crippen molar-refractivity contribution in [2.45, 2.75) is 6.54 Å². The van der Waals surface area contributed by atoms with E-state index in [1.807, 2.05) is 22.9 Å². The molecule has 0 saturated carbocycles. The topological polar surface area (TPSA) is 49.3 Å². The van der Waals surface area contributed by atoms with Crippen molar-refractivity contribution in [3.8, 4) is 0 Å². The molecule has 0 fully saturated rings. The molecule has 2 rings (SSSR count). The number of carbonyl (C=O) groups is 1. The first-order valence-corrected chi connectivity index (χ1v) is 6.69. The molecule has 0 radical (unpaired) electrons. The zero-order valence-electron chi connectivity index (χ0n) is 8.81. The number of carboxylic acids is 1. The maximum atomic E-state index is 11.1. The van der Waals surface area contributed by atoms with Gasteiger partial charge in [0.15, 0.2) is 0 Å². The fraction of sp³-hybridized carbons (Fsp3) is 0.0833. The summed E-state index contributed by atoms with van der Waals surface area (Å²) in [5, 5.41) is 16.3. The van der Waals surface area contributed by atoms with Crippen molar-refractivity contribution in [1.82, 2.24) is 0 Å². The van der Waals surface area contributed by atoms with Gasteiger partial charge in [0.25, 0.3) is 0 Å². The molecule has 88 valence electrons. The molecule has 0 aliphatic carbocycles. The van der Waals surface area contributed by atoms with E-state index in [1.54, 1.807) is 23.5 Å². The van der Waals surface area contributed by atoms with Crippen molar-refractivity contribution in [2.75, 3.05) is 5.32 Å². The Balaban J connectivity index is 2.21. The van der Waals surface area contributed by atoms with E-state index in [-0.39, 0.29) is 5.56 Å². The van der Waals surface area contributed by atoms with Crippen molar-refractivity contribution in [3.05, 3.63) is 50.6 Å². The average molecular weight is 312 g/mol. The third kappa shape index (κ3) is 2.87. The van der Waals surface area contributed by atoms with Crippen LogP contribution in [0.5, 0.6) is 0 Å². The lowest BCUT2D eigenvalue weighted by atomic mass is 10.1. The van der Waals surface area contributed by atoms with Crippen molar-refractivity contribution < 1.29 is 9.90 Å². The molecule has 2 aromatic rings. The highest BCUT2D eigenvalue weighted by Crippen LogP contribution is 2.25. The lowest BCUT2D eigenvalue weighted by Gasteiger charge is -2.10. The predicted molar refractivity (Wildman–Crippen MR) is 72.7 cm³/mol. The molecule has 0 bridgehead atoms. The summed E-state index contributed by atoms with van der Waals surface area (Å²) in [5.74, 6) is -0.940. The number of carboxylic acid groups (broad SMARTS) is 1. The van der Waals surface area contributed by atoms with Gasteiger partial charge in [0.2, 0.25) is 0 Å². The quantitative estimate of drug-likeness (QED) is 0.902. The Hall–Kier alpha value is -1.33. The molecule has 0 aliphatic heterocycles. The number of hydrogen-bond acceptors (Lipinski definition) is 3. The highest BCUT2D eigenvalue weighted by Gasteiger charge is 2.13. The summed E-state index contributed by atoms with van der Waals surface area (Å²) >= 11 is 4.87. The number of halogens is 1. The van der Waals surface area contributed by atoms with Crippen molar-refractivity contribution >= 4 is 38.9 Å². The number of anilines is 1. The summed E-state index contributed by atoms with van der Waals surface area (Å²) in [5.41, 5.74) is 2.03. The zero-order chi connectivity index (χ0) is 12.3. The monoisotopic (exact) mass is 311 g/mol. The van der Waals surface area contributed by atoms with Gasteiger partial charge in [-0.1, -0.05) is 6.07 Å². The maximum Gasteiger partial charge on any atom is 0.338 e. The van der Waals surface area contributed by atoms with Gasteiger partial charge in [-0.15, -0.1) is 0 Å². The maximum absolute atomic E-state index is 11.1. The Morgan fingerprint density at radius 3 is 2.88 bits per heavy atom. The van der Waals surface area contributed by atoms with Crippen molar-refractivity contribution in [3.63, 3.8) is 0 Å². The Morgan fingerprint density at radius 1 is 1.41 bits per heavy atom. The largest absolute Gasteiger partial charge is 0.478 e. The smallest absolute Gasteiger partial charge is 0.338 e. The van der Waals surface area contributed by atoms with Crippen LogP contribution in [0.1, 0.15) is 15.9 Å².